The van der Waals surface area contributed by atoms with Crippen LogP contribution in [-0.4, -0.2) is 35.0 Å². The number of anilines is 2. The van der Waals surface area contributed by atoms with Crippen molar-refractivity contribution >= 4 is 40.0 Å². The molecule has 0 bridgehead atoms. The van der Waals surface area contributed by atoms with Gasteiger partial charge < -0.3 is 16.4 Å². The van der Waals surface area contributed by atoms with Crippen LogP contribution in [0.5, 0.6) is 0 Å². The van der Waals surface area contributed by atoms with Crippen LogP contribution >= 0.6 is 23.1 Å². The summed E-state index contributed by atoms with van der Waals surface area (Å²) >= 11 is 3.02. The highest BCUT2D eigenvalue weighted by Crippen LogP contribution is 2.25. The fraction of sp³-hybridized carbons (Fsp3) is 0.692. The summed E-state index contributed by atoms with van der Waals surface area (Å²) in [4.78, 5) is 16.8. The lowest BCUT2D eigenvalue weighted by Gasteiger charge is -2.21. The van der Waals surface area contributed by atoms with E-state index in [1.807, 2.05) is 6.26 Å². The van der Waals surface area contributed by atoms with E-state index in [1.165, 1.54) is 11.3 Å². The minimum Gasteiger partial charge on any atom is -0.382 e. The number of rotatable bonds is 7. The van der Waals surface area contributed by atoms with Gasteiger partial charge in [0.2, 0.25) is 0 Å². The number of hydrogen-bond donors (Lipinski definition) is 3. The summed E-state index contributed by atoms with van der Waals surface area (Å²) in [6.07, 6.45) is 2.03. The maximum Gasteiger partial charge on any atom is 0.265 e. The van der Waals surface area contributed by atoms with Crippen molar-refractivity contribution in [2.45, 2.75) is 32.4 Å². The number of thiazole rings is 1. The minimum atomic E-state index is -0.153. The van der Waals surface area contributed by atoms with Crippen LogP contribution < -0.4 is 16.4 Å². The van der Waals surface area contributed by atoms with Gasteiger partial charge in [-0.05, 0) is 26.0 Å². The second-order valence-corrected chi connectivity index (χ2v) is 8.17. The first-order chi connectivity index (χ1) is 9.25. The van der Waals surface area contributed by atoms with Gasteiger partial charge in [0.1, 0.15) is 10.7 Å². The summed E-state index contributed by atoms with van der Waals surface area (Å²) in [5.74, 6) is 0.653. The van der Waals surface area contributed by atoms with Crippen molar-refractivity contribution in [3.05, 3.63) is 4.88 Å². The Kier molecular flexibility index (Phi) is 6.13. The maximum absolute atomic E-state index is 12.1. The van der Waals surface area contributed by atoms with Crippen LogP contribution in [0, 0.1) is 5.92 Å². The number of carbonyl (C=O) groups is 1. The van der Waals surface area contributed by atoms with Crippen molar-refractivity contribution < 1.29 is 4.79 Å². The number of thioether (sulfide) groups is 1. The number of nitrogens with one attached hydrogen (secondary N) is 2. The molecule has 7 heteroatoms. The van der Waals surface area contributed by atoms with Gasteiger partial charge in [-0.25, -0.2) is 4.98 Å². The molecule has 1 aromatic heterocycles. The lowest BCUT2D eigenvalue weighted by Crippen LogP contribution is -2.36. The van der Waals surface area contributed by atoms with Crippen LogP contribution in [0.4, 0.5) is 10.9 Å². The number of nitrogens with two attached hydrogens (primary N) is 1. The third-order valence-corrected chi connectivity index (χ3v) is 5.03. The molecule has 1 rings (SSSR count). The second kappa shape index (κ2) is 7.17. The van der Waals surface area contributed by atoms with Gasteiger partial charge >= 0.3 is 0 Å². The highest BCUT2D eigenvalue weighted by molar-refractivity contribution is 7.99. The van der Waals surface area contributed by atoms with Crippen LogP contribution in [0.25, 0.3) is 0 Å². The van der Waals surface area contributed by atoms with Gasteiger partial charge in [0.25, 0.3) is 5.91 Å². The zero-order valence-corrected chi connectivity index (χ0v) is 14.4. The Bertz CT molecular complexity index is 457. The average Bonchev–Trinajstić information content (AvgIpc) is 2.75. The van der Waals surface area contributed by atoms with Gasteiger partial charge in [-0.2, -0.15) is 11.8 Å². The summed E-state index contributed by atoms with van der Waals surface area (Å²) in [6.45, 7) is 9.81. The van der Waals surface area contributed by atoms with E-state index in [2.05, 4.69) is 43.3 Å². The smallest absolute Gasteiger partial charge is 0.265 e. The molecule has 0 aliphatic heterocycles. The van der Waals surface area contributed by atoms with Crippen molar-refractivity contribution in [3.8, 4) is 0 Å². The molecular formula is C13H24N4OS2. The summed E-state index contributed by atoms with van der Waals surface area (Å²) in [5.41, 5.74) is 5.81. The van der Waals surface area contributed by atoms with Crippen LogP contribution in [0.2, 0.25) is 0 Å². The monoisotopic (exact) mass is 316 g/mol. The molecule has 4 N–H and O–H groups in total. The SMILES string of the molecule is CSC(C)(C)CNC(=O)c1sc(NCC(C)C)nc1N. The summed E-state index contributed by atoms with van der Waals surface area (Å²) in [6, 6.07) is 0. The Morgan fingerprint density at radius 2 is 2.15 bits per heavy atom. The molecule has 0 fully saturated rings. The van der Waals surface area contributed by atoms with E-state index < -0.39 is 0 Å². The summed E-state index contributed by atoms with van der Waals surface area (Å²) in [5, 5.41) is 6.80. The Hall–Kier alpha value is -0.950. The van der Waals surface area contributed by atoms with Crippen molar-refractivity contribution in [2.75, 3.05) is 30.4 Å². The van der Waals surface area contributed by atoms with Crippen LogP contribution in [-0.2, 0) is 0 Å². The standard InChI is InChI=1S/C13H24N4OS2/c1-8(2)6-15-12-17-10(14)9(20-12)11(18)16-7-13(3,4)19-5/h8H,6-7,14H2,1-5H3,(H,15,17)(H,16,18). The number of amides is 1. The van der Waals surface area contributed by atoms with E-state index in [-0.39, 0.29) is 10.7 Å². The molecule has 0 spiro atoms. The lowest BCUT2D eigenvalue weighted by molar-refractivity contribution is 0.0955. The Morgan fingerprint density at radius 3 is 2.70 bits per heavy atom. The number of nitrogens with zero attached hydrogens (tertiary/aromatic N) is 1. The molecule has 0 saturated carbocycles. The molecule has 1 amide bonds. The fourth-order valence-electron chi connectivity index (χ4n) is 1.31. The van der Waals surface area contributed by atoms with Crippen molar-refractivity contribution in [1.82, 2.24) is 10.3 Å². The predicted molar refractivity (Wildman–Crippen MR) is 89.8 cm³/mol. The highest BCUT2D eigenvalue weighted by Gasteiger charge is 2.20. The van der Waals surface area contributed by atoms with E-state index >= 15 is 0 Å². The molecule has 1 aromatic rings. The molecular weight excluding hydrogens is 292 g/mol. The van der Waals surface area contributed by atoms with Gasteiger partial charge in [-0.1, -0.05) is 25.2 Å². The molecule has 0 unspecified atom stereocenters. The fourth-order valence-corrected chi connectivity index (χ4v) is 2.33. The quantitative estimate of drug-likeness (QED) is 0.720. The maximum atomic E-state index is 12.1. The number of carbonyl (C=O) groups excluding carboxylic acids is 1. The molecule has 5 nitrogen and oxygen atoms in total. The van der Waals surface area contributed by atoms with Gasteiger partial charge in [0.05, 0.1) is 0 Å². The first-order valence-corrected chi connectivity index (χ1v) is 8.63. The van der Waals surface area contributed by atoms with Gasteiger partial charge in [0.15, 0.2) is 5.13 Å². The third-order valence-electron chi connectivity index (χ3n) is 2.75. The molecule has 0 atom stereocenters. The average molecular weight is 316 g/mol. The minimum absolute atomic E-state index is 0.00777. The first kappa shape index (κ1) is 17.1. The van der Waals surface area contributed by atoms with E-state index in [9.17, 15) is 4.79 Å². The lowest BCUT2D eigenvalue weighted by atomic mass is 10.2. The van der Waals surface area contributed by atoms with Crippen LogP contribution in [0.3, 0.4) is 0 Å². The molecule has 0 radical (unpaired) electrons. The largest absolute Gasteiger partial charge is 0.382 e. The number of nitrogen functional groups attached to an aromatic ring is 1. The second-order valence-electron chi connectivity index (χ2n) is 5.65. The Labute approximate surface area is 129 Å². The third kappa shape index (κ3) is 5.20. The van der Waals surface area contributed by atoms with Crippen molar-refractivity contribution in [1.29, 1.82) is 0 Å². The highest BCUT2D eigenvalue weighted by atomic mass is 32.2. The van der Waals surface area contributed by atoms with E-state index in [4.69, 9.17) is 5.73 Å². The topological polar surface area (TPSA) is 80.0 Å². The van der Waals surface area contributed by atoms with Gasteiger partial charge in [-0.3, -0.25) is 4.79 Å². The molecule has 114 valence electrons. The van der Waals surface area contributed by atoms with Crippen molar-refractivity contribution in [3.63, 3.8) is 0 Å². The van der Waals surface area contributed by atoms with E-state index in [1.54, 1.807) is 11.8 Å². The zero-order chi connectivity index (χ0) is 15.3. The normalized spacial score (nSPS) is 11.7. The first-order valence-electron chi connectivity index (χ1n) is 6.58. The van der Waals surface area contributed by atoms with Crippen LogP contribution in [0.1, 0.15) is 37.4 Å². The van der Waals surface area contributed by atoms with Crippen molar-refractivity contribution in [2.24, 2.45) is 5.92 Å². The molecule has 20 heavy (non-hydrogen) atoms. The predicted octanol–water partition coefficient (Wildman–Crippen LogP) is 2.66. The molecule has 1 heterocycles. The van der Waals surface area contributed by atoms with E-state index in [0.29, 0.717) is 28.3 Å². The molecule has 0 aliphatic rings. The van der Waals surface area contributed by atoms with Crippen LogP contribution in [0.15, 0.2) is 0 Å². The Balaban J connectivity index is 2.64. The van der Waals surface area contributed by atoms with E-state index in [0.717, 1.165) is 6.54 Å². The van der Waals surface area contributed by atoms with Gasteiger partial charge in [-0.15, -0.1) is 0 Å². The Morgan fingerprint density at radius 1 is 1.50 bits per heavy atom. The number of aromatic nitrogens is 1. The molecule has 0 aromatic carbocycles. The molecule has 0 aliphatic carbocycles. The summed E-state index contributed by atoms with van der Waals surface area (Å²) < 4.78 is 0.00777. The number of hydrogen-bond acceptors (Lipinski definition) is 6. The zero-order valence-electron chi connectivity index (χ0n) is 12.7. The summed E-state index contributed by atoms with van der Waals surface area (Å²) in [7, 11) is 0. The molecule has 0 saturated heterocycles. The van der Waals surface area contributed by atoms with Gasteiger partial charge in [0, 0.05) is 17.8 Å².